The predicted octanol–water partition coefficient (Wildman–Crippen LogP) is 6.25. The zero-order valence-corrected chi connectivity index (χ0v) is 18.2. The van der Waals surface area contributed by atoms with E-state index in [2.05, 4.69) is 10.1 Å². The fourth-order valence-electron chi connectivity index (χ4n) is 3.20. The van der Waals surface area contributed by atoms with Gasteiger partial charge in [-0.05, 0) is 36.2 Å². The summed E-state index contributed by atoms with van der Waals surface area (Å²) in [4.78, 5) is 16.4. The summed E-state index contributed by atoms with van der Waals surface area (Å²) < 4.78 is 42.1. The van der Waals surface area contributed by atoms with Crippen LogP contribution in [-0.2, 0) is 12.7 Å². The maximum atomic E-state index is 13.6. The summed E-state index contributed by atoms with van der Waals surface area (Å²) in [6.45, 7) is 2.04. The minimum atomic E-state index is -4.50. The molecule has 0 amide bonds. The molecule has 2 aromatic heterocycles. The first-order valence-electron chi connectivity index (χ1n) is 9.87. The summed E-state index contributed by atoms with van der Waals surface area (Å²) in [5.74, 6) is -1.09. The van der Waals surface area contributed by atoms with E-state index >= 15 is 0 Å². The summed E-state index contributed by atoms with van der Waals surface area (Å²) in [6, 6.07) is 13.2. The quantitative estimate of drug-likeness (QED) is 0.339. The van der Waals surface area contributed by atoms with Crippen LogP contribution >= 0.6 is 11.3 Å². The highest BCUT2D eigenvalue weighted by Gasteiger charge is 2.31. The number of carbonyl (C=O) groups is 1. The van der Waals surface area contributed by atoms with Crippen molar-refractivity contribution in [3.63, 3.8) is 0 Å². The molecule has 5 nitrogen and oxygen atoms in total. The Morgan fingerprint density at radius 1 is 1.12 bits per heavy atom. The van der Waals surface area contributed by atoms with Gasteiger partial charge in [-0.2, -0.15) is 18.3 Å². The molecule has 0 atom stereocenters. The zero-order valence-electron chi connectivity index (χ0n) is 17.4. The van der Waals surface area contributed by atoms with E-state index in [1.807, 2.05) is 37.3 Å². The van der Waals surface area contributed by atoms with Gasteiger partial charge in [0.1, 0.15) is 5.01 Å². The molecule has 0 aliphatic rings. The first-order chi connectivity index (χ1) is 15.7. The largest absolute Gasteiger partial charge is 0.478 e. The van der Waals surface area contributed by atoms with Gasteiger partial charge >= 0.3 is 12.1 Å². The third kappa shape index (κ3) is 5.38. The number of carboxylic acids is 1. The van der Waals surface area contributed by atoms with Crippen LogP contribution in [0.15, 0.2) is 60.9 Å². The van der Waals surface area contributed by atoms with Crippen molar-refractivity contribution < 1.29 is 23.1 Å². The van der Waals surface area contributed by atoms with Crippen molar-refractivity contribution in [2.45, 2.75) is 19.6 Å². The summed E-state index contributed by atoms with van der Waals surface area (Å²) in [7, 11) is 0. The minimum Gasteiger partial charge on any atom is -0.478 e. The van der Waals surface area contributed by atoms with Crippen molar-refractivity contribution in [1.82, 2.24) is 14.8 Å². The van der Waals surface area contributed by atoms with Gasteiger partial charge in [0.15, 0.2) is 0 Å². The number of aryl methyl sites for hydroxylation is 1. The Morgan fingerprint density at radius 3 is 2.52 bits per heavy atom. The lowest BCUT2D eigenvalue weighted by Crippen LogP contribution is -2.05. The second kappa shape index (κ2) is 9.03. The van der Waals surface area contributed by atoms with E-state index < -0.39 is 17.7 Å². The number of benzene rings is 2. The van der Waals surface area contributed by atoms with Crippen molar-refractivity contribution >= 4 is 29.5 Å². The Labute approximate surface area is 191 Å². The third-order valence-corrected chi connectivity index (χ3v) is 5.94. The van der Waals surface area contributed by atoms with Crippen molar-refractivity contribution in [2.24, 2.45) is 0 Å². The van der Waals surface area contributed by atoms with Crippen LogP contribution in [0.1, 0.15) is 37.6 Å². The van der Waals surface area contributed by atoms with Crippen molar-refractivity contribution in [1.29, 1.82) is 0 Å². The Hall–Kier alpha value is -3.72. The van der Waals surface area contributed by atoms with Gasteiger partial charge in [-0.15, -0.1) is 11.3 Å². The topological polar surface area (TPSA) is 68.0 Å². The fourth-order valence-corrected chi connectivity index (χ4v) is 4.11. The molecule has 0 spiro atoms. The monoisotopic (exact) mass is 469 g/mol. The van der Waals surface area contributed by atoms with E-state index in [-0.39, 0.29) is 12.1 Å². The molecule has 1 N–H and O–H groups in total. The second-order valence-corrected chi connectivity index (χ2v) is 8.54. The highest BCUT2D eigenvalue weighted by molar-refractivity contribution is 7.15. The standard InChI is InChI=1S/C24H18F3N3O2S/c1-15-21(14-30-13-19(12-28-30)23(31)32)29-22(33-15)18-9-17(10-20(11-18)24(25,26)27)8-7-16-5-3-2-4-6-16/h2-13H,14H2,1H3,(H,31,32)/b8-7+. The van der Waals surface area contributed by atoms with Crippen molar-refractivity contribution in [3.8, 4) is 10.6 Å². The highest BCUT2D eigenvalue weighted by Crippen LogP contribution is 2.36. The smallest absolute Gasteiger partial charge is 0.416 e. The Bertz CT molecular complexity index is 1320. The highest BCUT2D eigenvalue weighted by atomic mass is 32.1. The normalized spacial score (nSPS) is 11.9. The molecule has 0 aliphatic heterocycles. The number of hydrogen-bond donors (Lipinski definition) is 1. The molecular formula is C24H18F3N3O2S. The van der Waals surface area contributed by atoms with Gasteiger partial charge in [0.05, 0.1) is 29.6 Å². The van der Waals surface area contributed by atoms with Crippen molar-refractivity contribution in [2.75, 3.05) is 0 Å². The Balaban J connectivity index is 1.68. The van der Waals surface area contributed by atoms with E-state index in [1.54, 1.807) is 18.2 Å². The molecule has 0 unspecified atom stereocenters. The maximum absolute atomic E-state index is 13.6. The van der Waals surface area contributed by atoms with E-state index in [1.165, 1.54) is 28.4 Å². The van der Waals surface area contributed by atoms with Crippen LogP contribution in [0, 0.1) is 6.92 Å². The van der Waals surface area contributed by atoms with Crippen LogP contribution in [0.5, 0.6) is 0 Å². The average molecular weight is 469 g/mol. The number of rotatable bonds is 6. The molecule has 0 aliphatic carbocycles. The molecule has 4 rings (SSSR count). The van der Waals surface area contributed by atoms with Crippen LogP contribution in [0.25, 0.3) is 22.7 Å². The number of aromatic nitrogens is 3. The molecule has 4 aromatic rings. The number of nitrogens with zero attached hydrogens (tertiary/aromatic N) is 3. The van der Waals surface area contributed by atoms with Crippen LogP contribution in [0.3, 0.4) is 0 Å². The number of aromatic carboxylic acids is 1. The zero-order chi connectivity index (χ0) is 23.6. The molecule has 0 radical (unpaired) electrons. The Kier molecular flexibility index (Phi) is 6.15. The molecular weight excluding hydrogens is 451 g/mol. The molecule has 0 saturated heterocycles. The Morgan fingerprint density at radius 2 is 1.85 bits per heavy atom. The molecule has 0 saturated carbocycles. The first kappa shape index (κ1) is 22.5. The molecule has 9 heteroatoms. The van der Waals surface area contributed by atoms with Gasteiger partial charge < -0.3 is 5.11 Å². The van der Waals surface area contributed by atoms with E-state index in [9.17, 15) is 18.0 Å². The lowest BCUT2D eigenvalue weighted by molar-refractivity contribution is -0.137. The molecule has 33 heavy (non-hydrogen) atoms. The third-order valence-electron chi connectivity index (χ3n) is 4.88. The first-order valence-corrected chi connectivity index (χ1v) is 10.7. The van der Waals surface area contributed by atoms with E-state index in [0.29, 0.717) is 21.8 Å². The van der Waals surface area contributed by atoms with E-state index in [0.717, 1.165) is 22.6 Å². The van der Waals surface area contributed by atoms with Gasteiger partial charge in [-0.25, -0.2) is 9.78 Å². The molecule has 2 aromatic carbocycles. The summed E-state index contributed by atoms with van der Waals surface area (Å²) in [5.41, 5.74) is 1.58. The number of alkyl halides is 3. The average Bonchev–Trinajstić information content (AvgIpc) is 3.40. The number of thiazole rings is 1. The van der Waals surface area contributed by atoms with Gasteiger partial charge in [-0.3, -0.25) is 4.68 Å². The molecule has 168 valence electrons. The van der Waals surface area contributed by atoms with Gasteiger partial charge in [-0.1, -0.05) is 42.5 Å². The van der Waals surface area contributed by atoms with Crippen molar-refractivity contribution in [3.05, 3.63) is 93.7 Å². The van der Waals surface area contributed by atoms with Gasteiger partial charge in [0.25, 0.3) is 0 Å². The molecule has 0 fully saturated rings. The SMILES string of the molecule is Cc1sc(-c2cc(/C=C/c3ccccc3)cc(C(F)(F)F)c2)nc1Cn1cc(C(=O)O)cn1. The van der Waals surface area contributed by atoms with Crippen LogP contribution in [0.2, 0.25) is 0 Å². The van der Waals surface area contributed by atoms with E-state index in [4.69, 9.17) is 5.11 Å². The van der Waals surface area contributed by atoms with Crippen LogP contribution < -0.4 is 0 Å². The molecule has 2 heterocycles. The summed E-state index contributed by atoms with van der Waals surface area (Å²) >= 11 is 1.28. The maximum Gasteiger partial charge on any atom is 0.416 e. The predicted molar refractivity (Wildman–Crippen MR) is 121 cm³/mol. The number of carboxylic acid groups (broad SMARTS) is 1. The number of halogens is 3. The number of hydrogen-bond acceptors (Lipinski definition) is 4. The van der Waals surface area contributed by atoms with Crippen LogP contribution in [0.4, 0.5) is 13.2 Å². The van der Waals surface area contributed by atoms with Gasteiger partial charge in [0.2, 0.25) is 0 Å². The van der Waals surface area contributed by atoms with Gasteiger partial charge in [0, 0.05) is 16.6 Å². The van der Waals surface area contributed by atoms with Crippen LogP contribution in [-0.4, -0.2) is 25.8 Å². The summed E-state index contributed by atoms with van der Waals surface area (Å²) in [5, 5.41) is 13.5. The lowest BCUT2D eigenvalue weighted by atomic mass is 10.0. The second-order valence-electron chi connectivity index (χ2n) is 7.34. The molecule has 0 bridgehead atoms. The fraction of sp³-hybridized carbons (Fsp3) is 0.125. The summed E-state index contributed by atoms with van der Waals surface area (Å²) in [6.07, 6.45) is 1.53. The lowest BCUT2D eigenvalue weighted by Gasteiger charge is -2.10. The minimum absolute atomic E-state index is 0.0517.